The van der Waals surface area contributed by atoms with Gasteiger partial charge in [0.2, 0.25) is 0 Å². The number of hydrogen-bond acceptors (Lipinski definition) is 1. The molecule has 2 unspecified atom stereocenters. The van der Waals surface area contributed by atoms with E-state index in [4.69, 9.17) is 16.7 Å². The fourth-order valence-corrected chi connectivity index (χ4v) is 2.62. The van der Waals surface area contributed by atoms with Crippen molar-refractivity contribution in [2.24, 2.45) is 11.3 Å². The molecule has 0 saturated heterocycles. The Kier molecular flexibility index (Phi) is 2.46. The van der Waals surface area contributed by atoms with Crippen LogP contribution in [0.15, 0.2) is 18.2 Å². The van der Waals surface area contributed by atoms with Gasteiger partial charge >= 0.3 is 5.97 Å². The summed E-state index contributed by atoms with van der Waals surface area (Å²) in [7, 11) is 0. The van der Waals surface area contributed by atoms with Crippen LogP contribution in [0.5, 0.6) is 0 Å². The SMILES string of the molecule is CC1(C)C(C(=O)O)C1c1ccc(F)c(Cl)c1. The second-order valence-electron chi connectivity index (χ2n) is 4.79. The lowest BCUT2D eigenvalue weighted by atomic mass is 10.0. The number of carbonyl (C=O) groups is 1. The predicted octanol–water partition coefficient (Wildman–Crippen LogP) is 3.30. The van der Waals surface area contributed by atoms with Crippen LogP contribution >= 0.6 is 11.6 Å². The minimum absolute atomic E-state index is 0.0457. The lowest BCUT2D eigenvalue weighted by molar-refractivity contribution is -0.139. The monoisotopic (exact) mass is 242 g/mol. The number of carboxylic acids is 1. The summed E-state index contributed by atoms with van der Waals surface area (Å²) >= 11 is 5.68. The van der Waals surface area contributed by atoms with E-state index in [2.05, 4.69) is 0 Å². The molecule has 16 heavy (non-hydrogen) atoms. The van der Waals surface area contributed by atoms with Crippen LogP contribution in [0.2, 0.25) is 5.02 Å². The Labute approximate surface area is 98.0 Å². The van der Waals surface area contributed by atoms with Crippen LogP contribution < -0.4 is 0 Å². The van der Waals surface area contributed by atoms with Gasteiger partial charge in [0.25, 0.3) is 0 Å². The third-order valence-electron chi connectivity index (χ3n) is 3.40. The van der Waals surface area contributed by atoms with Crippen molar-refractivity contribution in [2.45, 2.75) is 19.8 Å². The maximum Gasteiger partial charge on any atom is 0.307 e. The van der Waals surface area contributed by atoms with E-state index < -0.39 is 17.7 Å². The maximum absolute atomic E-state index is 13.0. The summed E-state index contributed by atoms with van der Waals surface area (Å²) in [5.41, 5.74) is 0.510. The van der Waals surface area contributed by atoms with Crippen LogP contribution in [0.25, 0.3) is 0 Å². The summed E-state index contributed by atoms with van der Waals surface area (Å²) in [6.07, 6.45) is 0. The molecule has 86 valence electrons. The third kappa shape index (κ3) is 1.59. The number of carboxylic acid groups (broad SMARTS) is 1. The van der Waals surface area contributed by atoms with Crippen LogP contribution in [-0.2, 0) is 4.79 Å². The number of halogens is 2. The van der Waals surface area contributed by atoms with Crippen LogP contribution in [-0.4, -0.2) is 11.1 Å². The van der Waals surface area contributed by atoms with E-state index in [-0.39, 0.29) is 16.4 Å². The van der Waals surface area contributed by atoms with Crippen molar-refractivity contribution < 1.29 is 14.3 Å². The van der Waals surface area contributed by atoms with Crippen LogP contribution in [0.1, 0.15) is 25.3 Å². The normalized spacial score (nSPS) is 26.5. The first kappa shape index (κ1) is 11.4. The van der Waals surface area contributed by atoms with Gasteiger partial charge in [0, 0.05) is 5.92 Å². The van der Waals surface area contributed by atoms with Crippen molar-refractivity contribution in [2.75, 3.05) is 0 Å². The molecule has 2 nitrogen and oxygen atoms in total. The highest BCUT2D eigenvalue weighted by Gasteiger charge is 2.62. The molecule has 2 rings (SSSR count). The van der Waals surface area contributed by atoms with Gasteiger partial charge in [-0.1, -0.05) is 31.5 Å². The van der Waals surface area contributed by atoms with E-state index >= 15 is 0 Å². The molecule has 1 aliphatic carbocycles. The molecule has 0 heterocycles. The van der Waals surface area contributed by atoms with Crippen molar-refractivity contribution in [3.63, 3.8) is 0 Å². The second kappa shape index (κ2) is 3.45. The Morgan fingerprint density at radius 2 is 2.12 bits per heavy atom. The van der Waals surface area contributed by atoms with E-state index in [1.54, 1.807) is 6.07 Å². The number of rotatable bonds is 2. The van der Waals surface area contributed by atoms with Gasteiger partial charge in [-0.3, -0.25) is 4.79 Å². The summed E-state index contributed by atoms with van der Waals surface area (Å²) in [5.74, 6) is -1.77. The zero-order valence-electron chi connectivity index (χ0n) is 9.00. The lowest BCUT2D eigenvalue weighted by Crippen LogP contribution is -2.03. The Balaban J connectivity index is 2.33. The molecular formula is C12H12ClFO2. The third-order valence-corrected chi connectivity index (χ3v) is 3.69. The molecule has 1 aromatic rings. The van der Waals surface area contributed by atoms with Crippen molar-refractivity contribution in [3.05, 3.63) is 34.6 Å². The zero-order chi connectivity index (χ0) is 12.1. The molecular weight excluding hydrogens is 231 g/mol. The van der Waals surface area contributed by atoms with E-state index in [1.165, 1.54) is 12.1 Å². The highest BCUT2D eigenvalue weighted by atomic mass is 35.5. The van der Waals surface area contributed by atoms with Gasteiger partial charge in [0.15, 0.2) is 0 Å². The first-order chi connectivity index (χ1) is 7.35. The molecule has 0 bridgehead atoms. The summed E-state index contributed by atoms with van der Waals surface area (Å²) in [6.45, 7) is 3.79. The van der Waals surface area contributed by atoms with Gasteiger partial charge < -0.3 is 5.11 Å². The van der Waals surface area contributed by atoms with E-state index in [0.29, 0.717) is 0 Å². The fraction of sp³-hybridized carbons (Fsp3) is 0.417. The van der Waals surface area contributed by atoms with Gasteiger partial charge in [0.05, 0.1) is 10.9 Å². The van der Waals surface area contributed by atoms with Crippen molar-refractivity contribution in [1.29, 1.82) is 0 Å². The molecule has 1 aromatic carbocycles. The minimum atomic E-state index is -0.810. The van der Waals surface area contributed by atoms with Gasteiger partial charge in [-0.05, 0) is 23.1 Å². The van der Waals surface area contributed by atoms with Crippen molar-refractivity contribution >= 4 is 17.6 Å². The number of benzene rings is 1. The molecule has 0 spiro atoms. The Hall–Kier alpha value is -1.09. The van der Waals surface area contributed by atoms with Gasteiger partial charge in [-0.15, -0.1) is 0 Å². The quantitative estimate of drug-likeness (QED) is 0.864. The molecule has 1 N–H and O–H groups in total. The van der Waals surface area contributed by atoms with Crippen molar-refractivity contribution in [1.82, 2.24) is 0 Å². The van der Waals surface area contributed by atoms with Crippen LogP contribution in [0.4, 0.5) is 4.39 Å². The van der Waals surface area contributed by atoms with Gasteiger partial charge in [0.1, 0.15) is 5.82 Å². The largest absolute Gasteiger partial charge is 0.481 e. The average molecular weight is 243 g/mol. The summed E-state index contributed by atoms with van der Waals surface area (Å²) in [4.78, 5) is 11.0. The first-order valence-electron chi connectivity index (χ1n) is 5.03. The Morgan fingerprint density at radius 3 is 2.56 bits per heavy atom. The average Bonchev–Trinajstić information content (AvgIpc) is 2.74. The summed E-state index contributed by atoms with van der Waals surface area (Å²) in [6, 6.07) is 4.41. The van der Waals surface area contributed by atoms with Gasteiger partial charge in [-0.25, -0.2) is 4.39 Å². The van der Waals surface area contributed by atoms with E-state index in [0.717, 1.165) is 5.56 Å². The number of hydrogen-bond donors (Lipinski definition) is 1. The van der Waals surface area contributed by atoms with Crippen LogP contribution in [0, 0.1) is 17.2 Å². The molecule has 1 aliphatic rings. The molecule has 0 amide bonds. The summed E-state index contributed by atoms with van der Waals surface area (Å²) in [5, 5.41) is 9.08. The van der Waals surface area contributed by atoms with E-state index in [9.17, 15) is 9.18 Å². The fourth-order valence-electron chi connectivity index (χ4n) is 2.43. The highest BCUT2D eigenvalue weighted by Crippen LogP contribution is 2.64. The van der Waals surface area contributed by atoms with Crippen LogP contribution in [0.3, 0.4) is 0 Å². The molecule has 4 heteroatoms. The molecule has 1 fully saturated rings. The molecule has 0 aromatic heterocycles. The standard InChI is InChI=1S/C12H12ClFO2/c1-12(2)9(10(12)11(15)16)6-3-4-8(14)7(13)5-6/h3-5,9-10H,1-2H3,(H,15,16). The smallest absolute Gasteiger partial charge is 0.307 e. The molecule has 0 aliphatic heterocycles. The molecule has 0 radical (unpaired) electrons. The second-order valence-corrected chi connectivity index (χ2v) is 5.20. The lowest BCUT2D eigenvalue weighted by Gasteiger charge is -2.03. The maximum atomic E-state index is 13.0. The molecule has 1 saturated carbocycles. The van der Waals surface area contributed by atoms with Gasteiger partial charge in [-0.2, -0.15) is 0 Å². The summed E-state index contributed by atoms with van der Waals surface area (Å²) < 4.78 is 13.0. The zero-order valence-corrected chi connectivity index (χ0v) is 9.75. The highest BCUT2D eigenvalue weighted by molar-refractivity contribution is 6.30. The Bertz CT molecular complexity index is 456. The molecule has 2 atom stereocenters. The van der Waals surface area contributed by atoms with E-state index in [1.807, 2.05) is 13.8 Å². The Morgan fingerprint density at radius 1 is 1.50 bits per heavy atom. The minimum Gasteiger partial charge on any atom is -0.481 e. The predicted molar refractivity (Wildman–Crippen MR) is 59.1 cm³/mol. The number of aliphatic carboxylic acids is 1. The topological polar surface area (TPSA) is 37.3 Å². The van der Waals surface area contributed by atoms with Crippen molar-refractivity contribution in [3.8, 4) is 0 Å². The first-order valence-corrected chi connectivity index (χ1v) is 5.41.